The van der Waals surface area contributed by atoms with Crippen molar-refractivity contribution in [3.63, 3.8) is 0 Å². The molecule has 5 rings (SSSR count). The minimum Gasteiger partial charge on any atom is -0.393 e. The molecule has 7 atom stereocenters. The van der Waals surface area contributed by atoms with Crippen molar-refractivity contribution < 1.29 is 9.84 Å². The fourth-order valence-electron chi connectivity index (χ4n) is 7.30. The molecule has 3 saturated carbocycles. The monoisotopic (exact) mass is 302 g/mol. The maximum atomic E-state index is 10.1. The SMILES string of the molecule is C[C@]12CC[C@@H](O)CC1=CC[C@@H]1[C@@H]2CC[C@@]2(C)[C@H]1CC[C@]21CO1. The molecule has 0 unspecified atom stereocenters. The van der Waals surface area contributed by atoms with Gasteiger partial charge in [-0.2, -0.15) is 0 Å². The molecule has 1 N–H and O–H groups in total. The summed E-state index contributed by atoms with van der Waals surface area (Å²) in [5.74, 6) is 2.59. The summed E-state index contributed by atoms with van der Waals surface area (Å²) in [7, 11) is 0. The second-order valence-electron chi connectivity index (χ2n) is 9.43. The van der Waals surface area contributed by atoms with Gasteiger partial charge in [0.15, 0.2) is 0 Å². The van der Waals surface area contributed by atoms with Crippen molar-refractivity contribution >= 4 is 0 Å². The molecule has 0 aromatic heterocycles. The van der Waals surface area contributed by atoms with Crippen LogP contribution in [0.2, 0.25) is 0 Å². The maximum absolute atomic E-state index is 10.1. The molecule has 1 spiro atoms. The molecule has 0 bridgehead atoms. The van der Waals surface area contributed by atoms with Gasteiger partial charge in [0.25, 0.3) is 0 Å². The van der Waals surface area contributed by atoms with Gasteiger partial charge in [-0.15, -0.1) is 0 Å². The van der Waals surface area contributed by atoms with Crippen LogP contribution >= 0.6 is 0 Å². The van der Waals surface area contributed by atoms with Crippen LogP contribution in [0.25, 0.3) is 0 Å². The summed E-state index contributed by atoms with van der Waals surface area (Å²) in [6.07, 6.45) is 12.3. The molecule has 122 valence electrons. The first-order valence-electron chi connectivity index (χ1n) is 9.50. The van der Waals surface area contributed by atoms with Crippen molar-refractivity contribution in [3.05, 3.63) is 11.6 Å². The Kier molecular flexibility index (Phi) is 2.67. The smallest absolute Gasteiger partial charge is 0.0972 e. The zero-order valence-corrected chi connectivity index (χ0v) is 14.1. The third-order valence-corrected chi connectivity index (χ3v) is 8.86. The van der Waals surface area contributed by atoms with Gasteiger partial charge in [-0.05, 0) is 74.5 Å². The Bertz CT molecular complexity index is 534. The number of fused-ring (bicyclic) bond motifs is 6. The Hall–Kier alpha value is -0.340. The van der Waals surface area contributed by atoms with E-state index < -0.39 is 0 Å². The summed E-state index contributed by atoms with van der Waals surface area (Å²) in [6, 6.07) is 0. The summed E-state index contributed by atoms with van der Waals surface area (Å²) in [5.41, 5.74) is 2.69. The number of epoxide rings is 1. The summed E-state index contributed by atoms with van der Waals surface area (Å²) in [4.78, 5) is 0. The van der Waals surface area contributed by atoms with E-state index in [2.05, 4.69) is 19.9 Å². The highest BCUT2D eigenvalue weighted by atomic mass is 16.6. The van der Waals surface area contributed by atoms with E-state index in [0.717, 1.165) is 37.2 Å². The quantitative estimate of drug-likeness (QED) is 0.540. The zero-order chi connectivity index (χ0) is 15.2. The molecule has 2 nitrogen and oxygen atoms in total. The van der Waals surface area contributed by atoms with Crippen molar-refractivity contribution in [1.29, 1.82) is 0 Å². The molecule has 4 fully saturated rings. The Morgan fingerprint density at radius 3 is 2.64 bits per heavy atom. The number of rotatable bonds is 0. The standard InChI is InChI=1S/C20H30O2/c1-18-8-5-14(21)11-13(18)3-4-15-16(18)6-9-19(2)17(15)7-10-20(19)12-22-20/h3,14-17,21H,4-12H2,1-2H3/t14-,15-,16+,17+,18+,19+,20+/m1/s1. The largest absolute Gasteiger partial charge is 0.393 e. The lowest BCUT2D eigenvalue weighted by Gasteiger charge is -2.57. The van der Waals surface area contributed by atoms with E-state index in [1.54, 1.807) is 5.57 Å². The average molecular weight is 302 g/mol. The number of ether oxygens (including phenoxy) is 1. The molecule has 22 heavy (non-hydrogen) atoms. The van der Waals surface area contributed by atoms with E-state index in [-0.39, 0.29) is 11.7 Å². The van der Waals surface area contributed by atoms with Crippen LogP contribution in [0.3, 0.4) is 0 Å². The lowest BCUT2D eigenvalue weighted by atomic mass is 9.47. The van der Waals surface area contributed by atoms with E-state index in [1.807, 2.05) is 0 Å². The third-order valence-electron chi connectivity index (χ3n) is 8.86. The van der Waals surface area contributed by atoms with Crippen molar-refractivity contribution in [2.24, 2.45) is 28.6 Å². The second-order valence-corrected chi connectivity index (χ2v) is 9.43. The number of hydrogen-bond donors (Lipinski definition) is 1. The highest BCUT2D eigenvalue weighted by Gasteiger charge is 2.69. The Morgan fingerprint density at radius 1 is 1.09 bits per heavy atom. The predicted molar refractivity (Wildman–Crippen MR) is 86.4 cm³/mol. The third kappa shape index (κ3) is 1.54. The Balaban J connectivity index is 1.51. The van der Waals surface area contributed by atoms with E-state index >= 15 is 0 Å². The van der Waals surface area contributed by atoms with Gasteiger partial charge < -0.3 is 9.84 Å². The molecule has 4 aliphatic carbocycles. The molecule has 1 saturated heterocycles. The first-order valence-corrected chi connectivity index (χ1v) is 9.50. The first-order chi connectivity index (χ1) is 10.5. The normalized spacial score (nSPS) is 59.5. The minimum atomic E-state index is -0.0839. The molecule has 0 aromatic carbocycles. The summed E-state index contributed by atoms with van der Waals surface area (Å²) in [5, 5.41) is 10.1. The topological polar surface area (TPSA) is 32.8 Å². The van der Waals surface area contributed by atoms with Gasteiger partial charge >= 0.3 is 0 Å². The Morgan fingerprint density at radius 2 is 1.86 bits per heavy atom. The average Bonchev–Trinajstić information content (AvgIpc) is 3.22. The van der Waals surface area contributed by atoms with E-state index in [4.69, 9.17) is 4.74 Å². The van der Waals surface area contributed by atoms with Gasteiger partial charge in [0.1, 0.15) is 0 Å². The summed E-state index contributed by atoms with van der Waals surface area (Å²) in [6.45, 7) is 6.09. The minimum absolute atomic E-state index is 0.0839. The van der Waals surface area contributed by atoms with E-state index in [9.17, 15) is 5.11 Å². The van der Waals surface area contributed by atoms with Crippen LogP contribution in [0.5, 0.6) is 0 Å². The van der Waals surface area contributed by atoms with Gasteiger partial charge in [0.05, 0.1) is 18.3 Å². The van der Waals surface area contributed by atoms with Crippen molar-refractivity contribution in [3.8, 4) is 0 Å². The second kappa shape index (κ2) is 4.19. The van der Waals surface area contributed by atoms with Crippen LogP contribution in [0, 0.1) is 28.6 Å². The van der Waals surface area contributed by atoms with Gasteiger partial charge in [-0.25, -0.2) is 0 Å². The van der Waals surface area contributed by atoms with Gasteiger partial charge in [0, 0.05) is 5.41 Å². The fraction of sp³-hybridized carbons (Fsp3) is 0.900. The molecule has 2 heteroatoms. The fourth-order valence-corrected chi connectivity index (χ4v) is 7.30. The first kappa shape index (κ1) is 14.0. The summed E-state index contributed by atoms with van der Waals surface area (Å²) < 4.78 is 6.01. The van der Waals surface area contributed by atoms with E-state index in [1.165, 1.54) is 38.5 Å². The lowest BCUT2D eigenvalue weighted by molar-refractivity contribution is -0.0556. The number of aliphatic hydroxyl groups excluding tert-OH is 1. The van der Waals surface area contributed by atoms with Crippen LogP contribution < -0.4 is 0 Å². The molecule has 5 aliphatic rings. The Labute approximate surface area is 134 Å². The van der Waals surface area contributed by atoms with Gasteiger partial charge in [-0.3, -0.25) is 0 Å². The molecule has 1 aliphatic heterocycles. The highest BCUT2D eigenvalue weighted by Crippen LogP contribution is 2.70. The van der Waals surface area contributed by atoms with Crippen molar-refractivity contribution in [1.82, 2.24) is 0 Å². The van der Waals surface area contributed by atoms with Crippen molar-refractivity contribution in [2.75, 3.05) is 6.61 Å². The van der Waals surface area contributed by atoms with E-state index in [0.29, 0.717) is 10.8 Å². The molecule has 1 heterocycles. The number of allylic oxidation sites excluding steroid dienone is 1. The molecular formula is C20H30O2. The highest BCUT2D eigenvalue weighted by molar-refractivity contribution is 5.27. The predicted octanol–water partition coefficient (Wildman–Crippen LogP) is 4.08. The number of aliphatic hydroxyl groups is 1. The van der Waals surface area contributed by atoms with Crippen LogP contribution in [-0.4, -0.2) is 23.4 Å². The molecule has 0 aromatic rings. The van der Waals surface area contributed by atoms with Crippen LogP contribution in [-0.2, 0) is 4.74 Å². The molecule has 0 radical (unpaired) electrons. The number of hydrogen-bond acceptors (Lipinski definition) is 2. The van der Waals surface area contributed by atoms with Crippen LogP contribution in [0.1, 0.15) is 65.2 Å². The molecule has 0 amide bonds. The van der Waals surface area contributed by atoms with Crippen molar-refractivity contribution in [2.45, 2.75) is 76.9 Å². The maximum Gasteiger partial charge on any atom is 0.0972 e. The molecular weight excluding hydrogens is 272 g/mol. The zero-order valence-electron chi connectivity index (χ0n) is 14.1. The summed E-state index contributed by atoms with van der Waals surface area (Å²) >= 11 is 0. The van der Waals surface area contributed by atoms with Crippen LogP contribution in [0.15, 0.2) is 11.6 Å². The lowest BCUT2D eigenvalue weighted by Crippen LogP contribution is -2.51. The van der Waals surface area contributed by atoms with Gasteiger partial charge in [-0.1, -0.05) is 25.5 Å². The van der Waals surface area contributed by atoms with Gasteiger partial charge in [0.2, 0.25) is 0 Å². The van der Waals surface area contributed by atoms with Crippen LogP contribution in [0.4, 0.5) is 0 Å².